The van der Waals surface area contributed by atoms with Crippen LogP contribution in [0.15, 0.2) is 79.1 Å². The van der Waals surface area contributed by atoms with Crippen LogP contribution in [0, 0.1) is 0 Å². The van der Waals surface area contributed by atoms with E-state index >= 15 is 0 Å². The van der Waals surface area contributed by atoms with Gasteiger partial charge in [0.2, 0.25) is 0 Å². The number of pyridine rings is 1. The van der Waals surface area contributed by atoms with Crippen molar-refractivity contribution in [2.24, 2.45) is 0 Å². The van der Waals surface area contributed by atoms with Crippen molar-refractivity contribution in [1.29, 1.82) is 0 Å². The number of H-pyrrole nitrogens is 1. The van der Waals surface area contributed by atoms with Gasteiger partial charge >= 0.3 is 5.97 Å². The average Bonchev–Trinajstić information content (AvgIpc) is 3.22. The van der Waals surface area contributed by atoms with Crippen molar-refractivity contribution in [2.75, 3.05) is 11.9 Å². The molecule has 2 heterocycles. The van der Waals surface area contributed by atoms with E-state index in [0.717, 1.165) is 40.0 Å². The predicted molar refractivity (Wildman–Crippen MR) is 126 cm³/mol. The summed E-state index contributed by atoms with van der Waals surface area (Å²) in [5, 5.41) is 13.8. The molecule has 0 aliphatic carbocycles. The van der Waals surface area contributed by atoms with Crippen molar-refractivity contribution in [3.8, 4) is 5.75 Å². The van der Waals surface area contributed by atoms with E-state index in [0.29, 0.717) is 6.61 Å². The minimum atomic E-state index is -0.824. The fraction of sp³-hybridized carbons (Fsp3) is 0.231. The zero-order valence-electron chi connectivity index (χ0n) is 18.0. The van der Waals surface area contributed by atoms with Gasteiger partial charge in [0.05, 0.1) is 13.0 Å². The number of rotatable bonds is 10. The van der Waals surface area contributed by atoms with Crippen LogP contribution in [0.1, 0.15) is 36.8 Å². The molecule has 3 N–H and O–H groups in total. The third-order valence-electron chi connectivity index (χ3n) is 5.52. The number of nitrogens with one attached hydrogen (secondary N) is 2. The van der Waals surface area contributed by atoms with Crippen molar-refractivity contribution in [3.05, 3.63) is 90.3 Å². The fourth-order valence-electron chi connectivity index (χ4n) is 3.89. The summed E-state index contributed by atoms with van der Waals surface area (Å²) in [6.45, 7) is 2.66. The molecule has 4 rings (SSSR count). The largest absolute Gasteiger partial charge is 0.493 e. The lowest BCUT2D eigenvalue weighted by molar-refractivity contribution is -0.137. The van der Waals surface area contributed by atoms with Gasteiger partial charge in [0, 0.05) is 41.7 Å². The fourth-order valence-corrected chi connectivity index (χ4v) is 3.89. The maximum Gasteiger partial charge on any atom is 0.304 e. The van der Waals surface area contributed by atoms with E-state index < -0.39 is 5.97 Å². The number of aromatic nitrogens is 2. The first-order chi connectivity index (χ1) is 15.6. The second-order valence-corrected chi connectivity index (χ2v) is 7.91. The zero-order valence-corrected chi connectivity index (χ0v) is 18.0. The van der Waals surface area contributed by atoms with Crippen molar-refractivity contribution in [2.45, 2.75) is 31.7 Å². The third-order valence-corrected chi connectivity index (χ3v) is 5.52. The summed E-state index contributed by atoms with van der Waals surface area (Å²) in [5.74, 6) is 0.560. The molecule has 2 atom stereocenters. The van der Waals surface area contributed by atoms with Crippen LogP contribution < -0.4 is 10.1 Å². The monoisotopic (exact) mass is 429 g/mol. The average molecular weight is 430 g/mol. The van der Waals surface area contributed by atoms with E-state index in [-0.39, 0.29) is 18.4 Å². The van der Waals surface area contributed by atoms with E-state index in [9.17, 15) is 9.90 Å². The molecule has 2 unspecified atom stereocenters. The lowest BCUT2D eigenvalue weighted by Gasteiger charge is -2.16. The van der Waals surface area contributed by atoms with Crippen molar-refractivity contribution in [1.82, 2.24) is 9.97 Å². The lowest BCUT2D eigenvalue weighted by atomic mass is 9.88. The Morgan fingerprint density at radius 1 is 1.12 bits per heavy atom. The van der Waals surface area contributed by atoms with Crippen LogP contribution in [0.25, 0.3) is 10.9 Å². The number of ether oxygens (including phenoxy) is 1. The van der Waals surface area contributed by atoms with Gasteiger partial charge < -0.3 is 20.1 Å². The molecule has 0 saturated carbocycles. The molecule has 4 aromatic rings. The van der Waals surface area contributed by atoms with E-state index in [1.54, 1.807) is 6.20 Å². The van der Waals surface area contributed by atoms with Gasteiger partial charge in [0.25, 0.3) is 0 Å². The third kappa shape index (κ3) is 5.27. The molecule has 0 saturated heterocycles. The molecule has 0 spiro atoms. The highest BCUT2D eigenvalue weighted by Crippen LogP contribution is 2.35. The number of nitrogens with zero attached hydrogens (tertiary/aromatic N) is 1. The Labute approximate surface area is 187 Å². The maximum absolute atomic E-state index is 11.6. The zero-order chi connectivity index (χ0) is 22.3. The van der Waals surface area contributed by atoms with Crippen LogP contribution in [-0.4, -0.2) is 33.7 Å². The Kier molecular flexibility index (Phi) is 6.70. The number of aromatic amines is 1. The van der Waals surface area contributed by atoms with Crippen LogP contribution in [0.3, 0.4) is 0 Å². The smallest absolute Gasteiger partial charge is 0.304 e. The van der Waals surface area contributed by atoms with Gasteiger partial charge in [-0.1, -0.05) is 36.4 Å². The first-order valence-electron chi connectivity index (χ1n) is 10.8. The number of benzene rings is 2. The van der Waals surface area contributed by atoms with Gasteiger partial charge in [-0.25, -0.2) is 4.98 Å². The van der Waals surface area contributed by atoms with Crippen LogP contribution in [0.2, 0.25) is 0 Å². The lowest BCUT2D eigenvalue weighted by Crippen LogP contribution is -2.19. The summed E-state index contributed by atoms with van der Waals surface area (Å²) in [6, 6.07) is 21.7. The Balaban J connectivity index is 1.47. The minimum absolute atomic E-state index is 0.0265. The van der Waals surface area contributed by atoms with E-state index in [1.165, 1.54) is 0 Å². The van der Waals surface area contributed by atoms with Crippen molar-refractivity contribution < 1.29 is 14.6 Å². The maximum atomic E-state index is 11.6. The van der Waals surface area contributed by atoms with E-state index in [4.69, 9.17) is 4.74 Å². The normalized spacial score (nSPS) is 12.9. The number of hydrogen-bond donors (Lipinski definition) is 3. The summed E-state index contributed by atoms with van der Waals surface area (Å²) in [5.41, 5.74) is 2.91. The molecule has 0 aliphatic rings. The number of fused-ring (bicyclic) bond motifs is 1. The first kappa shape index (κ1) is 21.4. The molecular formula is C26H27N3O3. The molecule has 0 fully saturated rings. The number of anilines is 1. The second-order valence-electron chi connectivity index (χ2n) is 7.91. The van der Waals surface area contributed by atoms with Crippen molar-refractivity contribution >= 4 is 22.7 Å². The summed E-state index contributed by atoms with van der Waals surface area (Å²) >= 11 is 0. The van der Waals surface area contributed by atoms with E-state index in [1.807, 2.05) is 72.9 Å². The molecule has 6 heteroatoms. The van der Waals surface area contributed by atoms with Gasteiger partial charge in [-0.05, 0) is 48.4 Å². The molecule has 6 nitrogen and oxygen atoms in total. The number of carbonyl (C=O) groups is 1. The van der Waals surface area contributed by atoms with Gasteiger partial charge in [0.15, 0.2) is 0 Å². The Morgan fingerprint density at radius 2 is 1.94 bits per heavy atom. The Bertz CT molecular complexity index is 1160. The van der Waals surface area contributed by atoms with Crippen LogP contribution in [-0.2, 0) is 4.79 Å². The molecule has 0 aliphatic heterocycles. The van der Waals surface area contributed by atoms with Gasteiger partial charge in [-0.3, -0.25) is 4.79 Å². The summed E-state index contributed by atoms with van der Waals surface area (Å²) in [4.78, 5) is 19.1. The summed E-state index contributed by atoms with van der Waals surface area (Å²) in [7, 11) is 0. The quantitative estimate of drug-likeness (QED) is 0.312. The molecular weight excluding hydrogens is 402 g/mol. The Morgan fingerprint density at radius 3 is 2.69 bits per heavy atom. The highest BCUT2D eigenvalue weighted by Gasteiger charge is 2.21. The Hall–Kier alpha value is -3.80. The summed E-state index contributed by atoms with van der Waals surface area (Å²) in [6.07, 6.45) is 4.52. The highest BCUT2D eigenvalue weighted by molar-refractivity contribution is 5.86. The number of aliphatic carboxylic acids is 1. The van der Waals surface area contributed by atoms with Crippen LogP contribution in [0.4, 0.5) is 5.82 Å². The molecule has 164 valence electrons. The van der Waals surface area contributed by atoms with Gasteiger partial charge in [0.1, 0.15) is 11.6 Å². The highest BCUT2D eigenvalue weighted by atomic mass is 16.5. The SMILES string of the molecule is CC(CCOc1ccc2[nH]cc(C(CC(=O)O)c3ccccc3)c2c1)Nc1ccccn1. The number of hydrogen-bond acceptors (Lipinski definition) is 4. The molecule has 32 heavy (non-hydrogen) atoms. The molecule has 2 aromatic carbocycles. The number of carboxylic acid groups (broad SMARTS) is 1. The van der Waals surface area contributed by atoms with Gasteiger partial charge in [-0.2, -0.15) is 0 Å². The van der Waals surface area contributed by atoms with Crippen molar-refractivity contribution in [3.63, 3.8) is 0 Å². The van der Waals surface area contributed by atoms with Crippen LogP contribution in [0.5, 0.6) is 5.75 Å². The summed E-state index contributed by atoms with van der Waals surface area (Å²) < 4.78 is 6.02. The molecule has 0 amide bonds. The standard InChI is InChI=1S/C26H27N3O3/c1-18(29-25-9-5-6-13-27-25)12-14-32-20-10-11-24-22(15-20)23(17-28-24)21(16-26(30)31)19-7-3-2-4-8-19/h2-11,13,15,17-18,21,28H,12,14,16H2,1H3,(H,27,29)(H,30,31). The number of carboxylic acids is 1. The first-order valence-corrected chi connectivity index (χ1v) is 10.8. The molecule has 0 radical (unpaired) electrons. The van der Waals surface area contributed by atoms with Gasteiger partial charge in [-0.15, -0.1) is 0 Å². The minimum Gasteiger partial charge on any atom is -0.493 e. The van der Waals surface area contributed by atoms with E-state index in [2.05, 4.69) is 22.2 Å². The molecule has 2 aromatic heterocycles. The predicted octanol–water partition coefficient (Wildman–Crippen LogP) is 5.44. The second kappa shape index (κ2) is 10.0. The molecule has 0 bridgehead atoms. The van der Waals surface area contributed by atoms with Crippen LogP contribution >= 0.6 is 0 Å². The topological polar surface area (TPSA) is 87.2 Å².